The number of hydrogen-bond acceptors (Lipinski definition) is 6. The Bertz CT molecular complexity index is 1170. The van der Waals surface area contributed by atoms with Crippen molar-refractivity contribution in [2.45, 2.75) is 32.7 Å². The highest BCUT2D eigenvalue weighted by Crippen LogP contribution is 2.27. The molecule has 34 heavy (non-hydrogen) atoms. The van der Waals surface area contributed by atoms with E-state index in [2.05, 4.69) is 54.1 Å². The second-order valence-electron chi connectivity index (χ2n) is 9.15. The van der Waals surface area contributed by atoms with Gasteiger partial charge in [-0.15, -0.1) is 10.2 Å². The van der Waals surface area contributed by atoms with Gasteiger partial charge in [0.25, 0.3) is 0 Å². The van der Waals surface area contributed by atoms with Crippen molar-refractivity contribution in [1.82, 2.24) is 24.6 Å². The molecule has 8 heteroatoms. The smallest absolute Gasteiger partial charge is 0.238 e. The summed E-state index contributed by atoms with van der Waals surface area (Å²) in [6.45, 7) is 7.09. The summed E-state index contributed by atoms with van der Waals surface area (Å²) in [6.07, 6.45) is 2.83. The molecule has 0 saturated carbocycles. The van der Waals surface area contributed by atoms with Crippen LogP contribution in [-0.2, 0) is 24.2 Å². The summed E-state index contributed by atoms with van der Waals surface area (Å²) < 4.78 is 7.46. The zero-order valence-corrected chi connectivity index (χ0v) is 20.0. The molecule has 8 nitrogen and oxygen atoms in total. The number of aromatic nitrogens is 3. The molecule has 2 aromatic carbocycles. The number of carbonyl (C=O) groups excluding carboxylic acids is 1. The molecule has 0 bridgehead atoms. The molecule has 2 aliphatic heterocycles. The largest absolute Gasteiger partial charge is 0.497 e. The van der Waals surface area contributed by atoms with Crippen LogP contribution < -0.4 is 10.1 Å². The quantitative estimate of drug-likeness (QED) is 0.610. The number of anilines is 1. The van der Waals surface area contributed by atoms with Gasteiger partial charge in [0.15, 0.2) is 0 Å². The van der Waals surface area contributed by atoms with E-state index in [1.54, 1.807) is 7.11 Å². The lowest BCUT2D eigenvalue weighted by atomic mass is 10.0. The monoisotopic (exact) mass is 460 g/mol. The van der Waals surface area contributed by atoms with E-state index in [-0.39, 0.29) is 5.91 Å². The number of hydrogen-bond donors (Lipinski definition) is 1. The fraction of sp³-hybridized carbons (Fsp3) is 0.423. The zero-order valence-electron chi connectivity index (χ0n) is 20.0. The van der Waals surface area contributed by atoms with Gasteiger partial charge in [0, 0.05) is 31.7 Å². The van der Waals surface area contributed by atoms with Crippen LogP contribution in [0.5, 0.6) is 5.75 Å². The van der Waals surface area contributed by atoms with Crippen LogP contribution in [0.2, 0.25) is 0 Å². The summed E-state index contributed by atoms with van der Waals surface area (Å²) in [5.41, 5.74) is 4.45. The fourth-order valence-corrected chi connectivity index (χ4v) is 4.98. The first-order valence-corrected chi connectivity index (χ1v) is 12.0. The van der Waals surface area contributed by atoms with Crippen molar-refractivity contribution >= 4 is 11.6 Å². The molecule has 3 heterocycles. The zero-order chi connectivity index (χ0) is 23.5. The minimum atomic E-state index is 0.0400. The fourth-order valence-electron chi connectivity index (χ4n) is 4.98. The van der Waals surface area contributed by atoms with Gasteiger partial charge in [-0.05, 0) is 74.3 Å². The predicted octanol–water partition coefficient (Wildman–Crippen LogP) is 2.83. The number of carbonyl (C=O) groups is 1. The van der Waals surface area contributed by atoms with Crippen molar-refractivity contribution in [2.24, 2.45) is 0 Å². The van der Waals surface area contributed by atoms with Gasteiger partial charge in [-0.25, -0.2) is 0 Å². The van der Waals surface area contributed by atoms with E-state index in [1.165, 1.54) is 11.1 Å². The first-order chi connectivity index (χ1) is 16.6. The van der Waals surface area contributed by atoms with E-state index in [9.17, 15) is 4.79 Å². The first kappa shape index (κ1) is 22.6. The maximum atomic E-state index is 12.8. The lowest BCUT2D eigenvalue weighted by Gasteiger charge is -2.22. The average molecular weight is 461 g/mol. The van der Waals surface area contributed by atoms with Gasteiger partial charge in [0.05, 0.1) is 19.3 Å². The Morgan fingerprint density at radius 1 is 1.03 bits per heavy atom. The number of aryl methyl sites for hydroxylation is 3. The van der Waals surface area contributed by atoms with Gasteiger partial charge >= 0.3 is 0 Å². The van der Waals surface area contributed by atoms with Crippen molar-refractivity contribution < 1.29 is 9.53 Å². The van der Waals surface area contributed by atoms with Crippen LogP contribution in [0.15, 0.2) is 42.5 Å². The second kappa shape index (κ2) is 9.95. The van der Waals surface area contributed by atoms with Crippen LogP contribution in [0.1, 0.15) is 29.2 Å². The maximum absolute atomic E-state index is 12.8. The topological polar surface area (TPSA) is 75.5 Å². The summed E-state index contributed by atoms with van der Waals surface area (Å²) in [4.78, 5) is 17.5. The number of rotatable bonds is 6. The molecule has 3 aromatic rings. The third kappa shape index (κ3) is 4.98. The lowest BCUT2D eigenvalue weighted by Crippen LogP contribution is -2.36. The van der Waals surface area contributed by atoms with Crippen LogP contribution in [0.3, 0.4) is 0 Å². The predicted molar refractivity (Wildman–Crippen MR) is 131 cm³/mol. The molecule has 0 atom stereocenters. The molecule has 1 amide bonds. The summed E-state index contributed by atoms with van der Waals surface area (Å²) >= 11 is 0. The molecule has 0 spiro atoms. The van der Waals surface area contributed by atoms with Crippen molar-refractivity contribution in [1.29, 1.82) is 0 Å². The summed E-state index contributed by atoms with van der Waals surface area (Å²) in [7, 11) is 1.70. The third-order valence-electron chi connectivity index (χ3n) is 6.70. The molecular formula is C26H32N6O2. The molecule has 1 aromatic heterocycles. The SMILES string of the molecule is COc1cccc(CN2CCCN(CC(=O)Nc3ccc4c(c3)CCc3nnc(C)n3-4)CC2)c1. The van der Waals surface area contributed by atoms with E-state index in [1.807, 2.05) is 25.1 Å². The Morgan fingerprint density at radius 2 is 1.88 bits per heavy atom. The number of benzene rings is 2. The Balaban J connectivity index is 1.15. The Labute approximate surface area is 200 Å². The van der Waals surface area contributed by atoms with Crippen molar-refractivity contribution in [3.63, 3.8) is 0 Å². The van der Waals surface area contributed by atoms with Crippen molar-refractivity contribution in [3.8, 4) is 11.4 Å². The molecule has 1 saturated heterocycles. The summed E-state index contributed by atoms with van der Waals surface area (Å²) in [5.74, 6) is 2.83. The number of amides is 1. The maximum Gasteiger partial charge on any atom is 0.238 e. The Hall–Kier alpha value is -3.23. The van der Waals surface area contributed by atoms with Crippen LogP contribution in [0.4, 0.5) is 5.69 Å². The number of nitrogens with one attached hydrogen (secondary N) is 1. The number of nitrogens with zero attached hydrogens (tertiary/aromatic N) is 5. The number of fused-ring (bicyclic) bond motifs is 3. The highest BCUT2D eigenvalue weighted by molar-refractivity contribution is 5.92. The molecule has 2 aliphatic rings. The van der Waals surface area contributed by atoms with Gasteiger partial charge in [-0.2, -0.15) is 0 Å². The number of methoxy groups -OCH3 is 1. The van der Waals surface area contributed by atoms with Gasteiger partial charge in [0.1, 0.15) is 17.4 Å². The summed E-state index contributed by atoms with van der Waals surface area (Å²) in [6, 6.07) is 14.4. The normalized spacial score (nSPS) is 16.4. The number of ether oxygens (including phenoxy) is 1. The van der Waals surface area contributed by atoms with Crippen LogP contribution in [-0.4, -0.2) is 70.3 Å². The van der Waals surface area contributed by atoms with E-state index < -0.39 is 0 Å². The third-order valence-corrected chi connectivity index (χ3v) is 6.70. The highest BCUT2D eigenvalue weighted by Gasteiger charge is 2.21. The lowest BCUT2D eigenvalue weighted by molar-refractivity contribution is -0.117. The van der Waals surface area contributed by atoms with Crippen molar-refractivity contribution in [2.75, 3.05) is 45.2 Å². The molecule has 0 radical (unpaired) electrons. The highest BCUT2D eigenvalue weighted by atomic mass is 16.5. The standard InChI is InChI=1S/C26H32N6O2/c1-19-28-29-25-10-7-21-16-22(8-9-24(21)32(19)25)27-26(33)18-31-12-4-11-30(13-14-31)17-20-5-3-6-23(15-20)34-2/h3,5-6,8-9,15-16H,4,7,10-14,17-18H2,1-2H3,(H,27,33). The van der Waals surface area contributed by atoms with Crippen LogP contribution >= 0.6 is 0 Å². The van der Waals surface area contributed by atoms with E-state index >= 15 is 0 Å². The molecule has 178 valence electrons. The molecule has 5 rings (SSSR count). The first-order valence-electron chi connectivity index (χ1n) is 12.0. The molecule has 1 N–H and O–H groups in total. The minimum Gasteiger partial charge on any atom is -0.497 e. The van der Waals surface area contributed by atoms with Crippen LogP contribution in [0.25, 0.3) is 5.69 Å². The van der Waals surface area contributed by atoms with Gasteiger partial charge in [0.2, 0.25) is 5.91 Å². The summed E-state index contributed by atoms with van der Waals surface area (Å²) in [5, 5.41) is 11.6. The van der Waals surface area contributed by atoms with Gasteiger partial charge in [-0.1, -0.05) is 12.1 Å². The molecule has 0 aliphatic carbocycles. The second-order valence-corrected chi connectivity index (χ2v) is 9.15. The van der Waals surface area contributed by atoms with E-state index in [0.29, 0.717) is 6.54 Å². The Kier molecular flexibility index (Phi) is 6.60. The van der Waals surface area contributed by atoms with E-state index in [0.717, 1.165) is 80.8 Å². The van der Waals surface area contributed by atoms with Gasteiger partial charge in [-0.3, -0.25) is 19.2 Å². The molecular weight excluding hydrogens is 428 g/mol. The van der Waals surface area contributed by atoms with Crippen molar-refractivity contribution in [3.05, 3.63) is 65.2 Å². The van der Waals surface area contributed by atoms with Crippen LogP contribution in [0, 0.1) is 6.92 Å². The Morgan fingerprint density at radius 3 is 2.76 bits per heavy atom. The average Bonchev–Trinajstić information content (AvgIpc) is 3.09. The van der Waals surface area contributed by atoms with Gasteiger partial charge < -0.3 is 10.1 Å². The molecule has 1 fully saturated rings. The van der Waals surface area contributed by atoms with E-state index in [4.69, 9.17) is 4.74 Å². The molecule has 0 unspecified atom stereocenters. The minimum absolute atomic E-state index is 0.0400.